The first kappa shape index (κ1) is 12.2. The number of rotatable bonds is 0. The molecule has 1 aliphatic carbocycles. The summed E-state index contributed by atoms with van der Waals surface area (Å²) in [5, 5.41) is 8.90. The molecule has 1 atom stereocenters. The Hall–Kier alpha value is -1.24. The highest BCUT2D eigenvalue weighted by molar-refractivity contribution is 5.68. The summed E-state index contributed by atoms with van der Waals surface area (Å²) in [5.74, 6) is 0.225. The van der Waals surface area contributed by atoms with E-state index in [4.69, 9.17) is 10.00 Å². The van der Waals surface area contributed by atoms with Gasteiger partial charge in [-0.3, -0.25) is 0 Å². The summed E-state index contributed by atoms with van der Waals surface area (Å²) in [4.78, 5) is 13.6. The van der Waals surface area contributed by atoms with Crippen LogP contribution in [0.5, 0.6) is 0 Å². The van der Waals surface area contributed by atoms with Gasteiger partial charge in [-0.2, -0.15) is 5.26 Å². The molecule has 94 valence electrons. The van der Waals surface area contributed by atoms with Gasteiger partial charge in [-0.15, -0.1) is 0 Å². The molecule has 2 fully saturated rings. The average molecular weight is 236 g/mol. The summed E-state index contributed by atoms with van der Waals surface area (Å²) >= 11 is 0. The molecule has 4 heteroatoms. The lowest BCUT2D eigenvalue weighted by molar-refractivity contribution is 0.0169. The normalized spacial score (nSPS) is 26.5. The Balaban J connectivity index is 1.84. The molecule has 1 saturated heterocycles. The summed E-state index contributed by atoms with van der Waals surface area (Å²) in [7, 11) is 0. The van der Waals surface area contributed by atoms with Gasteiger partial charge < -0.3 is 9.64 Å². The maximum atomic E-state index is 11.8. The van der Waals surface area contributed by atoms with Gasteiger partial charge in [0.15, 0.2) is 0 Å². The number of hydrogen-bond donors (Lipinski definition) is 0. The number of carbonyl (C=O) groups is 1. The van der Waals surface area contributed by atoms with Crippen molar-refractivity contribution in [3.05, 3.63) is 0 Å². The Morgan fingerprint density at radius 2 is 2.00 bits per heavy atom. The first-order chi connectivity index (χ1) is 7.86. The summed E-state index contributed by atoms with van der Waals surface area (Å²) in [6, 6.07) is 2.35. The van der Waals surface area contributed by atoms with E-state index in [0.29, 0.717) is 0 Å². The van der Waals surface area contributed by atoms with Crippen LogP contribution in [0, 0.1) is 22.7 Å². The third-order valence-electron chi connectivity index (χ3n) is 3.76. The number of likely N-dealkylation sites (tertiary alicyclic amines) is 1. The zero-order valence-electron chi connectivity index (χ0n) is 10.8. The third kappa shape index (κ3) is 2.54. The van der Waals surface area contributed by atoms with Crippen molar-refractivity contribution in [2.75, 3.05) is 13.1 Å². The Morgan fingerprint density at radius 3 is 2.41 bits per heavy atom. The second kappa shape index (κ2) is 3.90. The van der Waals surface area contributed by atoms with E-state index in [-0.39, 0.29) is 17.4 Å². The number of nitrogens with zero attached hydrogens (tertiary/aromatic N) is 2. The fourth-order valence-corrected chi connectivity index (χ4v) is 2.54. The summed E-state index contributed by atoms with van der Waals surface area (Å²) in [6.45, 7) is 7.09. The number of carbonyl (C=O) groups excluding carboxylic acids is 1. The zero-order valence-corrected chi connectivity index (χ0v) is 10.8. The van der Waals surface area contributed by atoms with Crippen molar-refractivity contribution < 1.29 is 9.53 Å². The van der Waals surface area contributed by atoms with E-state index in [1.54, 1.807) is 4.90 Å². The molecule has 0 radical (unpaired) electrons. The summed E-state index contributed by atoms with van der Waals surface area (Å²) < 4.78 is 5.34. The van der Waals surface area contributed by atoms with Gasteiger partial charge in [0, 0.05) is 13.1 Å². The van der Waals surface area contributed by atoms with E-state index < -0.39 is 5.60 Å². The monoisotopic (exact) mass is 236 g/mol. The predicted octanol–water partition coefficient (Wildman–Crippen LogP) is 2.55. The second-order valence-corrected chi connectivity index (χ2v) is 6.22. The average Bonchev–Trinajstić information content (AvgIpc) is 2.90. The highest BCUT2D eigenvalue weighted by Gasteiger charge is 2.55. The van der Waals surface area contributed by atoms with E-state index in [0.717, 1.165) is 32.4 Å². The molecule has 2 aliphatic rings. The highest BCUT2D eigenvalue weighted by Crippen LogP contribution is 2.58. The molecule has 1 spiro atoms. The van der Waals surface area contributed by atoms with Crippen molar-refractivity contribution in [2.24, 2.45) is 11.3 Å². The molecule has 1 unspecified atom stereocenters. The molecule has 0 aromatic carbocycles. The van der Waals surface area contributed by atoms with Gasteiger partial charge in [0.2, 0.25) is 0 Å². The van der Waals surface area contributed by atoms with Crippen LogP contribution in [0.4, 0.5) is 4.79 Å². The van der Waals surface area contributed by atoms with Crippen molar-refractivity contribution >= 4 is 6.09 Å². The van der Waals surface area contributed by atoms with Crippen LogP contribution in [-0.4, -0.2) is 29.7 Å². The van der Waals surface area contributed by atoms with Crippen LogP contribution in [0.2, 0.25) is 0 Å². The third-order valence-corrected chi connectivity index (χ3v) is 3.76. The molecular formula is C13H20N2O2. The van der Waals surface area contributed by atoms with E-state index in [9.17, 15) is 4.79 Å². The van der Waals surface area contributed by atoms with Crippen LogP contribution in [0.15, 0.2) is 0 Å². The zero-order chi connectivity index (χ0) is 12.7. The van der Waals surface area contributed by atoms with E-state index in [1.807, 2.05) is 20.8 Å². The lowest BCUT2D eigenvalue weighted by atomic mass is 9.91. The Morgan fingerprint density at radius 1 is 1.41 bits per heavy atom. The molecule has 0 aromatic rings. The molecule has 1 heterocycles. The van der Waals surface area contributed by atoms with Crippen LogP contribution in [0.1, 0.15) is 40.0 Å². The van der Waals surface area contributed by atoms with Crippen LogP contribution in [0.25, 0.3) is 0 Å². The maximum Gasteiger partial charge on any atom is 0.410 e. The highest BCUT2D eigenvalue weighted by atomic mass is 16.6. The summed E-state index contributed by atoms with van der Waals surface area (Å²) in [6.07, 6.45) is 2.70. The number of piperidine rings is 1. The van der Waals surface area contributed by atoms with Gasteiger partial charge in [-0.25, -0.2) is 4.79 Å². The van der Waals surface area contributed by atoms with Crippen LogP contribution < -0.4 is 0 Å². The van der Waals surface area contributed by atoms with Crippen molar-refractivity contribution in [3.8, 4) is 6.07 Å². The molecule has 2 rings (SSSR count). The first-order valence-electron chi connectivity index (χ1n) is 6.24. The molecule has 1 amide bonds. The molecule has 0 aromatic heterocycles. The van der Waals surface area contributed by atoms with E-state index in [2.05, 4.69) is 6.07 Å². The smallest absolute Gasteiger partial charge is 0.410 e. The SMILES string of the molecule is CC(C)(C)OC(=O)N1CCC2(CC1)CC2C#N. The predicted molar refractivity (Wildman–Crippen MR) is 63.2 cm³/mol. The molecule has 0 bridgehead atoms. The fourth-order valence-electron chi connectivity index (χ4n) is 2.54. The minimum atomic E-state index is -0.430. The van der Waals surface area contributed by atoms with Gasteiger partial charge >= 0.3 is 6.09 Å². The number of amides is 1. The van der Waals surface area contributed by atoms with Gasteiger partial charge in [0.05, 0.1) is 12.0 Å². The Labute approximate surface area is 103 Å². The van der Waals surface area contributed by atoms with Crippen molar-refractivity contribution in [3.63, 3.8) is 0 Å². The lowest BCUT2D eigenvalue weighted by Crippen LogP contribution is -2.42. The van der Waals surface area contributed by atoms with Crippen LogP contribution in [-0.2, 0) is 4.74 Å². The van der Waals surface area contributed by atoms with E-state index >= 15 is 0 Å². The molecule has 4 nitrogen and oxygen atoms in total. The minimum absolute atomic E-state index is 0.221. The van der Waals surface area contributed by atoms with E-state index in [1.165, 1.54) is 0 Å². The van der Waals surface area contributed by atoms with Crippen molar-refractivity contribution in [1.29, 1.82) is 5.26 Å². The van der Waals surface area contributed by atoms with Crippen LogP contribution in [0.3, 0.4) is 0 Å². The van der Waals surface area contributed by atoms with Crippen molar-refractivity contribution in [2.45, 2.75) is 45.6 Å². The standard InChI is InChI=1S/C13H20N2O2/c1-12(2,3)17-11(16)15-6-4-13(5-7-15)8-10(13)9-14/h10H,4-8H2,1-3H3. The van der Waals surface area contributed by atoms with Crippen LogP contribution >= 0.6 is 0 Å². The Bertz CT molecular complexity index is 357. The number of nitriles is 1. The van der Waals surface area contributed by atoms with Crippen molar-refractivity contribution in [1.82, 2.24) is 4.90 Å². The lowest BCUT2D eigenvalue weighted by Gasteiger charge is -2.33. The fraction of sp³-hybridized carbons (Fsp3) is 0.846. The van der Waals surface area contributed by atoms with Gasteiger partial charge in [0.1, 0.15) is 5.60 Å². The molecular weight excluding hydrogens is 216 g/mol. The maximum absolute atomic E-state index is 11.8. The molecule has 17 heavy (non-hydrogen) atoms. The van der Waals surface area contributed by atoms with Gasteiger partial charge in [-0.1, -0.05) is 0 Å². The molecule has 1 aliphatic heterocycles. The minimum Gasteiger partial charge on any atom is -0.444 e. The Kier molecular flexibility index (Phi) is 2.81. The first-order valence-corrected chi connectivity index (χ1v) is 6.24. The van der Waals surface area contributed by atoms with Gasteiger partial charge in [0.25, 0.3) is 0 Å². The topological polar surface area (TPSA) is 53.3 Å². The number of hydrogen-bond acceptors (Lipinski definition) is 3. The largest absolute Gasteiger partial charge is 0.444 e. The molecule has 0 N–H and O–H groups in total. The quantitative estimate of drug-likeness (QED) is 0.649. The molecule has 1 saturated carbocycles. The number of ether oxygens (including phenoxy) is 1. The summed E-state index contributed by atoms with van der Waals surface area (Å²) in [5.41, 5.74) is -0.200. The van der Waals surface area contributed by atoms with Gasteiger partial charge in [-0.05, 0) is 45.4 Å². The second-order valence-electron chi connectivity index (χ2n) is 6.22.